The van der Waals surface area contributed by atoms with Gasteiger partial charge in [0.25, 0.3) is 0 Å². The monoisotopic (exact) mass is 296 g/mol. The molecule has 0 unspecified atom stereocenters. The average Bonchev–Trinajstić information content (AvgIpc) is 2.88. The Balaban J connectivity index is 1.99. The first kappa shape index (κ1) is 14.2. The molecule has 1 heterocycles. The van der Waals surface area contributed by atoms with E-state index in [1.165, 1.54) is 6.07 Å². The fraction of sp³-hybridized carbons (Fsp3) is 0.231. The first-order chi connectivity index (χ1) is 9.60. The van der Waals surface area contributed by atoms with E-state index in [0.717, 1.165) is 5.69 Å². The zero-order valence-corrected chi connectivity index (χ0v) is 11.5. The average molecular weight is 297 g/mol. The van der Waals surface area contributed by atoms with E-state index in [-0.39, 0.29) is 5.88 Å². The van der Waals surface area contributed by atoms with Crippen LogP contribution in [0.3, 0.4) is 0 Å². The van der Waals surface area contributed by atoms with Crippen molar-refractivity contribution in [3.05, 3.63) is 51.2 Å². The molecule has 0 atom stereocenters. The molecule has 6 nitrogen and oxygen atoms in total. The number of nitrogens with zero attached hydrogens (tertiary/aromatic N) is 1. The summed E-state index contributed by atoms with van der Waals surface area (Å²) in [6.45, 7) is 2.76. The Morgan fingerprint density at radius 3 is 2.80 bits per heavy atom. The number of hydrogen-bond acceptors (Lipinski definition) is 5. The van der Waals surface area contributed by atoms with Gasteiger partial charge in [0.15, 0.2) is 0 Å². The molecule has 1 N–H and O–H groups in total. The zero-order valence-electron chi connectivity index (χ0n) is 10.8. The minimum absolute atomic E-state index is 0.272. The molecule has 106 valence electrons. The van der Waals surface area contributed by atoms with E-state index < -0.39 is 4.92 Å². The largest absolute Gasteiger partial charge is 0.492 e. The molecule has 0 saturated heterocycles. The number of nitro groups is 1. The Kier molecular flexibility index (Phi) is 4.47. The van der Waals surface area contributed by atoms with E-state index >= 15 is 0 Å². The minimum atomic E-state index is -0.572. The fourth-order valence-corrected chi connectivity index (χ4v) is 1.87. The summed E-state index contributed by atoms with van der Waals surface area (Å²) in [5.41, 5.74) is 0.775. The first-order valence-electron chi connectivity index (χ1n) is 5.99. The molecule has 0 amide bonds. The van der Waals surface area contributed by atoms with Crippen LogP contribution in [-0.4, -0.2) is 11.5 Å². The highest BCUT2D eigenvalue weighted by atomic mass is 35.5. The normalized spacial score (nSPS) is 10.3. The van der Waals surface area contributed by atoms with Crippen molar-refractivity contribution in [3.8, 4) is 5.75 Å². The molecule has 0 aliphatic heterocycles. The highest BCUT2D eigenvalue weighted by molar-refractivity contribution is 6.32. The molecule has 2 aromatic rings. The fourth-order valence-electron chi connectivity index (χ4n) is 1.63. The van der Waals surface area contributed by atoms with Gasteiger partial charge < -0.3 is 14.5 Å². The minimum Gasteiger partial charge on any atom is -0.492 e. The van der Waals surface area contributed by atoms with Gasteiger partial charge >= 0.3 is 5.88 Å². The summed E-state index contributed by atoms with van der Waals surface area (Å²) in [5, 5.41) is 14.1. The van der Waals surface area contributed by atoms with Crippen LogP contribution in [0.5, 0.6) is 5.75 Å². The van der Waals surface area contributed by atoms with Gasteiger partial charge in [-0.25, -0.2) is 0 Å². The third-order valence-electron chi connectivity index (χ3n) is 2.53. The third kappa shape index (κ3) is 3.42. The van der Waals surface area contributed by atoms with Crippen LogP contribution in [0.25, 0.3) is 0 Å². The lowest BCUT2D eigenvalue weighted by molar-refractivity contribution is -0.402. The molecule has 0 bridgehead atoms. The van der Waals surface area contributed by atoms with Crippen molar-refractivity contribution >= 4 is 23.2 Å². The molecular weight excluding hydrogens is 284 g/mol. The summed E-state index contributed by atoms with van der Waals surface area (Å²) in [6, 6.07) is 8.18. The smallest absolute Gasteiger partial charge is 0.433 e. The summed E-state index contributed by atoms with van der Waals surface area (Å²) in [5.74, 6) is 0.821. The van der Waals surface area contributed by atoms with Crippen molar-refractivity contribution in [3.63, 3.8) is 0 Å². The quantitative estimate of drug-likeness (QED) is 0.647. The van der Waals surface area contributed by atoms with Crippen molar-refractivity contribution < 1.29 is 14.1 Å². The van der Waals surface area contributed by atoms with Crippen LogP contribution < -0.4 is 10.1 Å². The molecule has 0 spiro atoms. The van der Waals surface area contributed by atoms with Gasteiger partial charge in [0.1, 0.15) is 16.4 Å². The molecule has 0 radical (unpaired) electrons. The van der Waals surface area contributed by atoms with Gasteiger partial charge in [-0.05, 0) is 31.2 Å². The molecule has 0 aliphatic rings. The molecule has 2 rings (SSSR count). The second-order valence-electron chi connectivity index (χ2n) is 3.93. The van der Waals surface area contributed by atoms with Gasteiger partial charge in [-0.15, -0.1) is 0 Å². The lowest BCUT2D eigenvalue weighted by Gasteiger charge is -2.08. The molecule has 0 saturated carbocycles. The van der Waals surface area contributed by atoms with Crippen LogP contribution in [0.1, 0.15) is 12.7 Å². The van der Waals surface area contributed by atoms with Crippen LogP contribution in [0.4, 0.5) is 11.6 Å². The third-order valence-corrected chi connectivity index (χ3v) is 2.82. The van der Waals surface area contributed by atoms with Crippen LogP contribution in [0, 0.1) is 10.1 Å². The summed E-state index contributed by atoms with van der Waals surface area (Å²) >= 11 is 6.06. The van der Waals surface area contributed by atoms with Crippen molar-refractivity contribution in [1.29, 1.82) is 0 Å². The van der Waals surface area contributed by atoms with Crippen molar-refractivity contribution in [1.82, 2.24) is 0 Å². The highest BCUT2D eigenvalue weighted by Crippen LogP contribution is 2.28. The van der Waals surface area contributed by atoms with E-state index in [1.54, 1.807) is 18.2 Å². The molecule has 1 aromatic carbocycles. The number of rotatable bonds is 6. The molecule has 7 heteroatoms. The van der Waals surface area contributed by atoms with E-state index in [4.69, 9.17) is 20.8 Å². The topological polar surface area (TPSA) is 77.5 Å². The summed E-state index contributed by atoms with van der Waals surface area (Å²) in [4.78, 5) is 9.92. The number of furan rings is 1. The van der Waals surface area contributed by atoms with Gasteiger partial charge in [-0.2, -0.15) is 0 Å². The maximum absolute atomic E-state index is 10.5. The van der Waals surface area contributed by atoms with Crippen LogP contribution >= 0.6 is 11.6 Å². The summed E-state index contributed by atoms with van der Waals surface area (Å²) in [6.07, 6.45) is 0. The zero-order chi connectivity index (χ0) is 14.5. The van der Waals surface area contributed by atoms with Gasteiger partial charge in [0.2, 0.25) is 0 Å². The van der Waals surface area contributed by atoms with Crippen molar-refractivity contribution in [2.45, 2.75) is 13.5 Å². The molecule has 20 heavy (non-hydrogen) atoms. The summed E-state index contributed by atoms with van der Waals surface area (Å²) < 4.78 is 10.4. The van der Waals surface area contributed by atoms with Crippen LogP contribution in [-0.2, 0) is 6.54 Å². The van der Waals surface area contributed by atoms with E-state index in [2.05, 4.69) is 5.32 Å². The van der Waals surface area contributed by atoms with E-state index in [9.17, 15) is 10.1 Å². The lowest BCUT2D eigenvalue weighted by atomic mass is 10.3. The number of halogens is 1. The molecule has 1 aromatic heterocycles. The van der Waals surface area contributed by atoms with Crippen LogP contribution in [0.15, 0.2) is 34.7 Å². The molecule has 0 aliphatic carbocycles. The second-order valence-corrected chi connectivity index (χ2v) is 4.34. The second kappa shape index (κ2) is 6.29. The number of nitrogens with one attached hydrogen (secondary N) is 1. The Morgan fingerprint density at radius 1 is 1.40 bits per heavy atom. The number of ether oxygens (including phenoxy) is 1. The highest BCUT2D eigenvalue weighted by Gasteiger charge is 2.11. The van der Waals surface area contributed by atoms with Crippen molar-refractivity contribution in [2.75, 3.05) is 11.9 Å². The standard InChI is InChI=1S/C13H13ClN2O4/c1-2-19-12-5-3-9(7-11(12)14)15-8-10-4-6-13(20-10)16(17)18/h3-7,15H,2,8H2,1H3. The van der Waals surface area contributed by atoms with E-state index in [1.807, 2.05) is 13.0 Å². The van der Waals surface area contributed by atoms with Crippen molar-refractivity contribution in [2.24, 2.45) is 0 Å². The first-order valence-corrected chi connectivity index (χ1v) is 6.37. The van der Waals surface area contributed by atoms with Crippen LogP contribution in [0.2, 0.25) is 5.02 Å². The maximum atomic E-state index is 10.5. The Morgan fingerprint density at radius 2 is 2.20 bits per heavy atom. The number of hydrogen-bond donors (Lipinski definition) is 1. The SMILES string of the molecule is CCOc1ccc(NCc2ccc([N+](=O)[O-])o2)cc1Cl. The Labute approximate surface area is 120 Å². The van der Waals surface area contributed by atoms with Gasteiger partial charge in [-0.3, -0.25) is 10.1 Å². The Bertz CT molecular complexity index is 612. The number of anilines is 1. The Hall–Kier alpha value is -2.21. The van der Waals surface area contributed by atoms with Gasteiger partial charge in [-0.1, -0.05) is 11.6 Å². The molecular formula is C13H13ClN2O4. The lowest BCUT2D eigenvalue weighted by Crippen LogP contribution is -1.99. The number of benzene rings is 1. The van der Waals surface area contributed by atoms with Gasteiger partial charge in [0, 0.05) is 5.69 Å². The maximum Gasteiger partial charge on any atom is 0.433 e. The summed E-state index contributed by atoms with van der Waals surface area (Å²) in [7, 11) is 0. The van der Waals surface area contributed by atoms with E-state index in [0.29, 0.717) is 29.7 Å². The molecule has 0 fully saturated rings. The predicted octanol–water partition coefficient (Wildman–Crippen LogP) is 3.85. The predicted molar refractivity (Wildman–Crippen MR) is 75.3 cm³/mol. The van der Waals surface area contributed by atoms with Gasteiger partial charge in [0.05, 0.1) is 24.2 Å².